The van der Waals surface area contributed by atoms with Crippen molar-refractivity contribution in [3.8, 4) is 0 Å². The van der Waals surface area contributed by atoms with Gasteiger partial charge in [-0.25, -0.2) is 0 Å². The molecule has 0 saturated carbocycles. The van der Waals surface area contributed by atoms with Crippen LogP contribution in [0.1, 0.15) is 31.2 Å². The molecule has 3 rings (SSSR count). The first-order valence-corrected chi connectivity index (χ1v) is 6.28. The minimum atomic E-state index is -0.0715. The summed E-state index contributed by atoms with van der Waals surface area (Å²) in [5, 5.41) is 9.80. The van der Waals surface area contributed by atoms with Gasteiger partial charge in [0.25, 0.3) is 0 Å². The highest BCUT2D eigenvalue weighted by molar-refractivity contribution is 5.56. The van der Waals surface area contributed by atoms with Gasteiger partial charge in [-0.3, -0.25) is 0 Å². The van der Waals surface area contributed by atoms with Crippen molar-refractivity contribution in [3.63, 3.8) is 0 Å². The molecule has 1 N–H and O–H groups in total. The summed E-state index contributed by atoms with van der Waals surface area (Å²) in [4.78, 5) is 2.56. The molecule has 86 valence electrons. The van der Waals surface area contributed by atoms with Crippen molar-refractivity contribution in [2.75, 3.05) is 4.90 Å². The van der Waals surface area contributed by atoms with Crippen molar-refractivity contribution in [3.05, 3.63) is 29.8 Å². The standard InChI is InChI=1S/C14H19NO/c1-10-4-2-3-5-14(10)15-11-6-7-12(15)9-13(16)8-11/h2-5,11-13,16H,6-9H2,1H3. The third-order valence-electron chi connectivity index (χ3n) is 4.10. The number of nitrogens with zero attached hydrogens (tertiary/aromatic N) is 1. The van der Waals surface area contributed by atoms with Crippen molar-refractivity contribution in [2.45, 2.75) is 50.8 Å². The maximum absolute atomic E-state index is 9.80. The van der Waals surface area contributed by atoms with Crippen molar-refractivity contribution in [2.24, 2.45) is 0 Å². The number of hydrogen-bond donors (Lipinski definition) is 1. The number of aliphatic hydroxyl groups is 1. The van der Waals surface area contributed by atoms with E-state index in [1.807, 2.05) is 0 Å². The summed E-state index contributed by atoms with van der Waals surface area (Å²) < 4.78 is 0. The topological polar surface area (TPSA) is 23.5 Å². The fourth-order valence-corrected chi connectivity index (χ4v) is 3.39. The molecular formula is C14H19NO. The van der Waals surface area contributed by atoms with Crippen LogP contribution in [0.25, 0.3) is 0 Å². The van der Waals surface area contributed by atoms with Gasteiger partial charge in [0.15, 0.2) is 0 Å². The van der Waals surface area contributed by atoms with E-state index in [0.717, 1.165) is 12.8 Å². The average Bonchev–Trinajstić information content (AvgIpc) is 2.53. The lowest BCUT2D eigenvalue weighted by Gasteiger charge is -2.39. The zero-order valence-electron chi connectivity index (χ0n) is 9.76. The molecule has 2 fully saturated rings. The number of fused-ring (bicyclic) bond motifs is 2. The molecule has 2 aliphatic heterocycles. The third-order valence-corrected chi connectivity index (χ3v) is 4.10. The highest BCUT2D eigenvalue weighted by Crippen LogP contribution is 2.40. The summed E-state index contributed by atoms with van der Waals surface area (Å²) in [5.41, 5.74) is 2.73. The quantitative estimate of drug-likeness (QED) is 0.781. The lowest BCUT2D eigenvalue weighted by Crippen LogP contribution is -2.45. The molecule has 2 atom stereocenters. The van der Waals surface area contributed by atoms with Crippen LogP contribution < -0.4 is 4.90 Å². The van der Waals surface area contributed by atoms with Gasteiger partial charge in [0.05, 0.1) is 6.10 Å². The molecule has 2 heteroatoms. The molecule has 0 aliphatic carbocycles. The maximum atomic E-state index is 9.80. The predicted octanol–water partition coefficient (Wildman–Crippen LogP) is 2.49. The zero-order chi connectivity index (χ0) is 11.1. The second-order valence-corrected chi connectivity index (χ2v) is 5.20. The maximum Gasteiger partial charge on any atom is 0.0579 e. The van der Waals surface area contributed by atoms with Crippen LogP contribution in [0.4, 0.5) is 5.69 Å². The van der Waals surface area contributed by atoms with Gasteiger partial charge in [0, 0.05) is 17.8 Å². The number of rotatable bonds is 1. The molecule has 2 heterocycles. The number of hydrogen-bond acceptors (Lipinski definition) is 2. The van der Waals surface area contributed by atoms with Gasteiger partial charge in [0.1, 0.15) is 0 Å². The highest BCUT2D eigenvalue weighted by Gasteiger charge is 2.40. The lowest BCUT2D eigenvalue weighted by molar-refractivity contribution is 0.126. The Labute approximate surface area is 96.9 Å². The first kappa shape index (κ1) is 10.2. The van der Waals surface area contributed by atoms with E-state index in [9.17, 15) is 5.11 Å². The van der Waals surface area contributed by atoms with Crippen LogP contribution in [-0.2, 0) is 0 Å². The molecule has 2 aliphatic rings. The fraction of sp³-hybridized carbons (Fsp3) is 0.571. The molecule has 0 amide bonds. The zero-order valence-corrected chi connectivity index (χ0v) is 9.76. The van der Waals surface area contributed by atoms with Gasteiger partial charge in [-0.15, -0.1) is 0 Å². The van der Waals surface area contributed by atoms with E-state index in [0.29, 0.717) is 12.1 Å². The molecule has 2 nitrogen and oxygen atoms in total. The molecule has 1 aromatic carbocycles. The Morgan fingerprint density at radius 2 is 1.75 bits per heavy atom. The van der Waals surface area contributed by atoms with Gasteiger partial charge < -0.3 is 10.0 Å². The van der Waals surface area contributed by atoms with E-state index >= 15 is 0 Å². The molecule has 0 radical (unpaired) electrons. The number of aliphatic hydroxyl groups excluding tert-OH is 1. The number of anilines is 1. The lowest BCUT2D eigenvalue weighted by atomic mass is 9.98. The summed E-state index contributed by atoms with van der Waals surface area (Å²) >= 11 is 0. The predicted molar refractivity (Wildman–Crippen MR) is 65.7 cm³/mol. The molecule has 0 spiro atoms. The van der Waals surface area contributed by atoms with Crippen molar-refractivity contribution in [1.29, 1.82) is 0 Å². The number of para-hydroxylation sites is 1. The largest absolute Gasteiger partial charge is 0.393 e. The number of piperidine rings is 1. The van der Waals surface area contributed by atoms with Crippen LogP contribution in [0.5, 0.6) is 0 Å². The molecular weight excluding hydrogens is 198 g/mol. The van der Waals surface area contributed by atoms with E-state index in [4.69, 9.17) is 0 Å². The highest BCUT2D eigenvalue weighted by atomic mass is 16.3. The van der Waals surface area contributed by atoms with Crippen LogP contribution in [-0.4, -0.2) is 23.3 Å². The van der Waals surface area contributed by atoms with Crippen molar-refractivity contribution >= 4 is 5.69 Å². The smallest absolute Gasteiger partial charge is 0.0579 e. The molecule has 16 heavy (non-hydrogen) atoms. The Bertz CT molecular complexity index is 376. The average molecular weight is 217 g/mol. The summed E-state index contributed by atoms with van der Waals surface area (Å²) in [6.45, 7) is 2.18. The van der Waals surface area contributed by atoms with Gasteiger partial charge >= 0.3 is 0 Å². The summed E-state index contributed by atoms with van der Waals surface area (Å²) in [5.74, 6) is 0. The monoisotopic (exact) mass is 217 g/mol. The van der Waals surface area contributed by atoms with Crippen LogP contribution in [0, 0.1) is 6.92 Å². The van der Waals surface area contributed by atoms with Gasteiger partial charge in [0.2, 0.25) is 0 Å². The van der Waals surface area contributed by atoms with Crippen LogP contribution in [0.3, 0.4) is 0 Å². The molecule has 2 saturated heterocycles. The Hall–Kier alpha value is -1.02. The first-order chi connectivity index (χ1) is 7.75. The second kappa shape index (κ2) is 3.77. The van der Waals surface area contributed by atoms with Crippen molar-refractivity contribution in [1.82, 2.24) is 0 Å². The third kappa shape index (κ3) is 1.52. The van der Waals surface area contributed by atoms with Gasteiger partial charge in [-0.2, -0.15) is 0 Å². The Balaban J connectivity index is 1.94. The second-order valence-electron chi connectivity index (χ2n) is 5.20. The van der Waals surface area contributed by atoms with E-state index in [2.05, 4.69) is 36.1 Å². The summed E-state index contributed by atoms with van der Waals surface area (Å²) in [7, 11) is 0. The first-order valence-electron chi connectivity index (χ1n) is 6.28. The molecule has 2 unspecified atom stereocenters. The summed E-state index contributed by atoms with van der Waals surface area (Å²) in [6.07, 6.45) is 4.32. The Morgan fingerprint density at radius 1 is 1.12 bits per heavy atom. The Morgan fingerprint density at radius 3 is 2.38 bits per heavy atom. The van der Waals surface area contributed by atoms with E-state index in [1.54, 1.807) is 0 Å². The van der Waals surface area contributed by atoms with E-state index < -0.39 is 0 Å². The normalized spacial score (nSPS) is 33.1. The summed E-state index contributed by atoms with van der Waals surface area (Å²) in [6, 6.07) is 9.74. The van der Waals surface area contributed by atoms with E-state index in [-0.39, 0.29) is 6.10 Å². The van der Waals surface area contributed by atoms with Crippen LogP contribution in [0.2, 0.25) is 0 Å². The minimum absolute atomic E-state index is 0.0715. The number of aryl methyl sites for hydroxylation is 1. The van der Waals surface area contributed by atoms with Crippen LogP contribution in [0.15, 0.2) is 24.3 Å². The number of benzene rings is 1. The fourth-order valence-electron chi connectivity index (χ4n) is 3.39. The van der Waals surface area contributed by atoms with Gasteiger partial charge in [-0.1, -0.05) is 18.2 Å². The molecule has 2 bridgehead atoms. The van der Waals surface area contributed by atoms with Gasteiger partial charge in [-0.05, 0) is 44.2 Å². The van der Waals surface area contributed by atoms with Crippen LogP contribution >= 0.6 is 0 Å². The minimum Gasteiger partial charge on any atom is -0.393 e. The Kier molecular flexibility index (Phi) is 2.40. The molecule has 1 aromatic rings. The molecule has 0 aromatic heterocycles. The van der Waals surface area contributed by atoms with Crippen molar-refractivity contribution < 1.29 is 5.11 Å². The SMILES string of the molecule is Cc1ccccc1N1C2CCC1CC(O)C2. The van der Waals surface area contributed by atoms with E-state index in [1.165, 1.54) is 24.1 Å².